The van der Waals surface area contributed by atoms with Crippen molar-refractivity contribution < 1.29 is 0 Å². The maximum Gasteiger partial charge on any atom is 0.191 e. The first-order chi connectivity index (χ1) is 15.3. The van der Waals surface area contributed by atoms with Gasteiger partial charge in [0, 0.05) is 44.3 Å². The summed E-state index contributed by atoms with van der Waals surface area (Å²) in [7, 11) is 0. The van der Waals surface area contributed by atoms with E-state index in [1.54, 1.807) is 12.5 Å². The van der Waals surface area contributed by atoms with Gasteiger partial charge in [-0.1, -0.05) is 36.4 Å². The summed E-state index contributed by atoms with van der Waals surface area (Å²) in [5.41, 5.74) is 2.45. The normalized spacial score (nSPS) is 16.5. The Morgan fingerprint density at radius 3 is 2.72 bits per heavy atom. The molecule has 0 saturated carbocycles. The molecule has 32 heavy (non-hydrogen) atoms. The molecule has 1 saturated heterocycles. The molecular weight excluding hydrogens is 513 g/mol. The van der Waals surface area contributed by atoms with Crippen molar-refractivity contribution in [2.45, 2.75) is 38.9 Å². The Balaban J connectivity index is 0.00000289. The van der Waals surface area contributed by atoms with Crippen molar-refractivity contribution in [1.29, 1.82) is 0 Å². The molecule has 170 valence electrons. The topological polar surface area (TPSA) is 70.4 Å². The highest BCUT2D eigenvalue weighted by molar-refractivity contribution is 14.0. The predicted molar refractivity (Wildman–Crippen MR) is 139 cm³/mol. The standard InChI is InChI=1S/C24H31N7.HI/c1-2-26-24(28-16-21-10-11-23(27-15-21)31-14-12-25-19-31)29-17-22-9-6-13-30(22)18-20-7-4-3-5-8-20;/h3-5,7-8,10-12,14-15,19,22H,2,6,9,13,16-18H2,1H3,(H2,26,28,29);1H. The monoisotopic (exact) mass is 545 g/mol. The van der Waals surface area contributed by atoms with Crippen LogP contribution in [0.1, 0.15) is 30.9 Å². The highest BCUT2D eigenvalue weighted by Crippen LogP contribution is 2.19. The molecule has 2 aromatic heterocycles. The molecule has 3 heterocycles. The van der Waals surface area contributed by atoms with E-state index in [0.29, 0.717) is 12.6 Å². The largest absolute Gasteiger partial charge is 0.357 e. The van der Waals surface area contributed by atoms with Crippen LogP contribution in [0.25, 0.3) is 5.82 Å². The van der Waals surface area contributed by atoms with Crippen LogP contribution in [0.4, 0.5) is 0 Å². The molecule has 0 radical (unpaired) electrons. The minimum absolute atomic E-state index is 0. The quantitative estimate of drug-likeness (QED) is 0.257. The molecule has 0 amide bonds. The summed E-state index contributed by atoms with van der Waals surface area (Å²) < 4.78 is 1.89. The summed E-state index contributed by atoms with van der Waals surface area (Å²) in [5.74, 6) is 1.71. The Morgan fingerprint density at radius 1 is 1.12 bits per heavy atom. The molecule has 8 heteroatoms. The predicted octanol–water partition coefficient (Wildman–Crippen LogP) is 3.61. The first-order valence-electron chi connectivity index (χ1n) is 11.0. The van der Waals surface area contributed by atoms with Crippen LogP contribution < -0.4 is 10.6 Å². The maximum atomic E-state index is 4.76. The number of aliphatic imine (C=N–C) groups is 1. The van der Waals surface area contributed by atoms with Crippen LogP contribution in [0.5, 0.6) is 0 Å². The van der Waals surface area contributed by atoms with E-state index < -0.39 is 0 Å². The highest BCUT2D eigenvalue weighted by atomic mass is 127. The van der Waals surface area contributed by atoms with Crippen molar-refractivity contribution in [3.63, 3.8) is 0 Å². The van der Waals surface area contributed by atoms with Crippen LogP contribution in [0, 0.1) is 0 Å². The minimum Gasteiger partial charge on any atom is -0.357 e. The summed E-state index contributed by atoms with van der Waals surface area (Å²) in [6, 6.07) is 15.3. The Hall–Kier alpha value is -2.46. The molecule has 1 unspecified atom stereocenters. The number of benzene rings is 1. The summed E-state index contributed by atoms with van der Waals surface area (Å²) in [6.07, 6.45) is 9.73. The van der Waals surface area contributed by atoms with Gasteiger partial charge in [-0.05, 0) is 43.5 Å². The molecule has 1 aromatic carbocycles. The fourth-order valence-corrected chi connectivity index (χ4v) is 3.94. The molecule has 4 rings (SSSR count). The minimum atomic E-state index is 0. The number of imidazole rings is 1. The van der Waals surface area contributed by atoms with Crippen LogP contribution in [-0.4, -0.2) is 51.1 Å². The fourth-order valence-electron chi connectivity index (χ4n) is 3.94. The second-order valence-corrected chi connectivity index (χ2v) is 7.82. The zero-order valence-electron chi connectivity index (χ0n) is 18.5. The summed E-state index contributed by atoms with van der Waals surface area (Å²) in [6.45, 7) is 6.58. The first-order valence-corrected chi connectivity index (χ1v) is 11.0. The van der Waals surface area contributed by atoms with Crippen molar-refractivity contribution >= 4 is 29.9 Å². The van der Waals surface area contributed by atoms with E-state index >= 15 is 0 Å². The maximum absolute atomic E-state index is 4.76. The van der Waals surface area contributed by atoms with Crippen molar-refractivity contribution in [3.05, 3.63) is 78.5 Å². The van der Waals surface area contributed by atoms with Gasteiger partial charge in [0.25, 0.3) is 0 Å². The highest BCUT2D eigenvalue weighted by Gasteiger charge is 2.24. The average Bonchev–Trinajstić information content (AvgIpc) is 3.49. The van der Waals surface area contributed by atoms with Gasteiger partial charge in [-0.25, -0.2) is 15.0 Å². The number of pyridine rings is 1. The third-order valence-electron chi connectivity index (χ3n) is 5.57. The molecule has 3 aromatic rings. The van der Waals surface area contributed by atoms with Crippen LogP contribution in [0.2, 0.25) is 0 Å². The zero-order valence-corrected chi connectivity index (χ0v) is 20.9. The molecule has 2 N–H and O–H groups in total. The Bertz CT molecular complexity index is 942. The summed E-state index contributed by atoms with van der Waals surface area (Å²) >= 11 is 0. The SMILES string of the molecule is CCNC(=NCc1ccc(-n2ccnc2)nc1)NCC1CCCN1Cc1ccccc1.I. The number of nitrogens with one attached hydrogen (secondary N) is 2. The van der Waals surface area contributed by atoms with Gasteiger partial charge < -0.3 is 10.6 Å². The Kier molecular flexibility index (Phi) is 9.48. The van der Waals surface area contributed by atoms with Crippen LogP contribution in [-0.2, 0) is 13.1 Å². The number of halogens is 1. The lowest BCUT2D eigenvalue weighted by Gasteiger charge is -2.25. The molecule has 0 aliphatic carbocycles. The van der Waals surface area contributed by atoms with Gasteiger partial charge >= 0.3 is 0 Å². The second kappa shape index (κ2) is 12.5. The second-order valence-electron chi connectivity index (χ2n) is 7.82. The molecule has 1 fully saturated rings. The molecule has 1 aliphatic rings. The number of hydrogen-bond donors (Lipinski definition) is 2. The van der Waals surface area contributed by atoms with Crippen molar-refractivity contribution in [2.24, 2.45) is 4.99 Å². The van der Waals surface area contributed by atoms with Crippen LogP contribution >= 0.6 is 24.0 Å². The molecule has 1 aliphatic heterocycles. The number of rotatable bonds is 8. The number of aromatic nitrogens is 3. The van der Waals surface area contributed by atoms with Crippen molar-refractivity contribution in [1.82, 2.24) is 30.1 Å². The van der Waals surface area contributed by atoms with E-state index in [1.807, 2.05) is 23.0 Å². The van der Waals surface area contributed by atoms with Gasteiger partial charge in [0.1, 0.15) is 12.1 Å². The summed E-state index contributed by atoms with van der Waals surface area (Å²) in [5, 5.41) is 6.91. The third-order valence-corrected chi connectivity index (χ3v) is 5.57. The lowest BCUT2D eigenvalue weighted by Crippen LogP contribution is -2.44. The first kappa shape index (κ1) is 24.2. The van der Waals surface area contributed by atoms with E-state index in [0.717, 1.165) is 43.5 Å². The lowest BCUT2D eigenvalue weighted by atomic mass is 10.2. The smallest absolute Gasteiger partial charge is 0.191 e. The molecule has 7 nitrogen and oxygen atoms in total. The van der Waals surface area contributed by atoms with E-state index in [1.165, 1.54) is 18.4 Å². The summed E-state index contributed by atoms with van der Waals surface area (Å²) in [4.78, 5) is 15.9. The fraction of sp³-hybridized carbons (Fsp3) is 0.375. The number of likely N-dealkylation sites (tertiary alicyclic amines) is 1. The zero-order chi connectivity index (χ0) is 21.3. The number of hydrogen-bond acceptors (Lipinski definition) is 4. The van der Waals surface area contributed by atoms with Gasteiger partial charge in [-0.3, -0.25) is 9.47 Å². The number of nitrogens with zero attached hydrogens (tertiary/aromatic N) is 5. The van der Waals surface area contributed by atoms with Crippen molar-refractivity contribution in [3.8, 4) is 5.82 Å². The van der Waals surface area contributed by atoms with E-state index in [9.17, 15) is 0 Å². The lowest BCUT2D eigenvalue weighted by molar-refractivity contribution is 0.245. The van der Waals surface area contributed by atoms with Gasteiger partial charge in [-0.15, -0.1) is 24.0 Å². The third kappa shape index (κ3) is 6.77. The van der Waals surface area contributed by atoms with Crippen molar-refractivity contribution in [2.75, 3.05) is 19.6 Å². The Labute approximate surface area is 207 Å². The van der Waals surface area contributed by atoms with Gasteiger partial charge in [0.15, 0.2) is 5.96 Å². The van der Waals surface area contributed by atoms with E-state index in [4.69, 9.17) is 4.99 Å². The van der Waals surface area contributed by atoms with Gasteiger partial charge in [0.2, 0.25) is 0 Å². The molecule has 1 atom stereocenters. The Morgan fingerprint density at radius 2 is 2.00 bits per heavy atom. The molecular formula is C24H32IN7. The number of guanidine groups is 1. The van der Waals surface area contributed by atoms with Gasteiger partial charge in [-0.2, -0.15) is 0 Å². The van der Waals surface area contributed by atoms with E-state index in [-0.39, 0.29) is 24.0 Å². The van der Waals surface area contributed by atoms with Gasteiger partial charge in [0.05, 0.1) is 6.54 Å². The van der Waals surface area contributed by atoms with Crippen LogP contribution in [0.15, 0.2) is 72.4 Å². The molecule has 0 bridgehead atoms. The molecule has 0 spiro atoms. The average molecular weight is 545 g/mol. The van der Waals surface area contributed by atoms with E-state index in [2.05, 4.69) is 68.8 Å². The van der Waals surface area contributed by atoms with Crippen LogP contribution in [0.3, 0.4) is 0 Å².